The van der Waals surface area contributed by atoms with Crippen molar-refractivity contribution in [3.05, 3.63) is 92.2 Å². The fourth-order valence-corrected chi connectivity index (χ4v) is 4.04. The number of nitro groups is 1. The van der Waals surface area contributed by atoms with Crippen LogP contribution in [0.2, 0.25) is 10.0 Å². The van der Waals surface area contributed by atoms with E-state index in [4.69, 9.17) is 23.2 Å². The molecule has 160 valence electrons. The zero-order chi connectivity index (χ0) is 22.6. The van der Waals surface area contributed by atoms with Crippen molar-refractivity contribution < 1.29 is 17.7 Å². The highest BCUT2D eigenvalue weighted by atomic mass is 35.5. The Morgan fingerprint density at radius 2 is 1.77 bits per heavy atom. The number of hydrogen-bond acceptors (Lipinski definition) is 6. The molecule has 0 radical (unpaired) electrons. The van der Waals surface area contributed by atoms with Crippen LogP contribution in [0.1, 0.15) is 5.56 Å². The Labute approximate surface area is 186 Å². The Morgan fingerprint density at radius 1 is 1.06 bits per heavy atom. The highest BCUT2D eigenvalue weighted by Gasteiger charge is 2.22. The van der Waals surface area contributed by atoms with Gasteiger partial charge in [0.15, 0.2) is 0 Å². The summed E-state index contributed by atoms with van der Waals surface area (Å²) in [5.41, 5.74) is 2.14. The Balaban J connectivity index is 1.96. The van der Waals surface area contributed by atoms with E-state index in [-0.39, 0.29) is 22.0 Å². The summed E-state index contributed by atoms with van der Waals surface area (Å²) in [5, 5.41) is 15.5. The molecule has 3 aromatic rings. The molecule has 0 atom stereocenters. The molecule has 12 heteroatoms. The Bertz CT molecular complexity index is 1250. The molecule has 0 spiro atoms. The normalized spacial score (nSPS) is 11.5. The summed E-state index contributed by atoms with van der Waals surface area (Å²) in [6, 6.07) is 13.1. The predicted molar refractivity (Wildman–Crippen MR) is 118 cm³/mol. The molecule has 3 aromatic carbocycles. The van der Waals surface area contributed by atoms with Gasteiger partial charge < -0.3 is 0 Å². The maximum absolute atomic E-state index is 13.9. The molecule has 0 unspecified atom stereocenters. The van der Waals surface area contributed by atoms with Gasteiger partial charge in [0.05, 0.1) is 21.8 Å². The number of hydrogen-bond donors (Lipinski definition) is 2. The molecule has 2 N–H and O–H groups in total. The van der Waals surface area contributed by atoms with Crippen molar-refractivity contribution in [3.63, 3.8) is 0 Å². The van der Waals surface area contributed by atoms with E-state index in [1.807, 2.05) is 0 Å². The Hall–Kier alpha value is -3.21. The van der Waals surface area contributed by atoms with Crippen LogP contribution in [0.4, 0.5) is 21.5 Å². The first kappa shape index (κ1) is 22.5. The van der Waals surface area contributed by atoms with Crippen LogP contribution >= 0.6 is 23.2 Å². The molecule has 0 amide bonds. The molecule has 0 aromatic heterocycles. The number of rotatable bonds is 7. The van der Waals surface area contributed by atoms with Crippen molar-refractivity contribution in [2.45, 2.75) is 4.90 Å². The van der Waals surface area contributed by atoms with Crippen molar-refractivity contribution in [1.29, 1.82) is 0 Å². The van der Waals surface area contributed by atoms with E-state index >= 15 is 0 Å². The van der Waals surface area contributed by atoms with Gasteiger partial charge in [0.25, 0.3) is 15.7 Å². The van der Waals surface area contributed by atoms with E-state index in [0.29, 0.717) is 5.02 Å². The summed E-state index contributed by atoms with van der Waals surface area (Å²) in [6.45, 7) is 0. The molecule has 31 heavy (non-hydrogen) atoms. The number of halogens is 3. The number of non-ortho nitro benzene ring substituents is 1. The lowest BCUT2D eigenvalue weighted by molar-refractivity contribution is -0.385. The Morgan fingerprint density at radius 3 is 2.42 bits per heavy atom. The zero-order valence-electron chi connectivity index (χ0n) is 15.4. The molecule has 0 aliphatic heterocycles. The predicted octanol–water partition coefficient (Wildman–Crippen LogP) is 5.29. The van der Waals surface area contributed by atoms with E-state index in [1.165, 1.54) is 48.5 Å². The minimum atomic E-state index is -4.26. The number of benzene rings is 3. The molecule has 0 fully saturated rings. The SMILES string of the molecule is O=[N+]([O-])c1ccc(NN=Cc2c(F)cccc2Cl)c(S(=O)(=O)Nc2ccc(Cl)cc2)c1. The van der Waals surface area contributed by atoms with Gasteiger partial charge in [0.2, 0.25) is 0 Å². The second-order valence-corrected chi connectivity index (χ2v) is 8.55. The van der Waals surface area contributed by atoms with Crippen LogP contribution in [0.5, 0.6) is 0 Å². The molecule has 0 aliphatic carbocycles. The minimum absolute atomic E-state index is 0.0118. The molecule has 3 rings (SSSR count). The number of nitro benzene ring substituents is 1. The van der Waals surface area contributed by atoms with Crippen LogP contribution in [-0.4, -0.2) is 19.6 Å². The van der Waals surface area contributed by atoms with Gasteiger partial charge in [-0.25, -0.2) is 12.8 Å². The van der Waals surface area contributed by atoms with Crippen molar-refractivity contribution in [1.82, 2.24) is 0 Å². The standard InChI is InChI=1S/C19H13Cl2FN4O4S/c20-12-4-6-13(7-5-12)25-31(29,30)19-10-14(26(27)28)8-9-18(19)24-23-11-15-16(21)2-1-3-17(15)22/h1-11,24-25H. The third-order valence-electron chi connectivity index (χ3n) is 3.94. The topological polar surface area (TPSA) is 114 Å². The van der Waals surface area contributed by atoms with Gasteiger partial charge in [0, 0.05) is 28.4 Å². The maximum Gasteiger partial charge on any atom is 0.270 e. The third-order valence-corrected chi connectivity index (χ3v) is 5.94. The summed E-state index contributed by atoms with van der Waals surface area (Å²) >= 11 is 11.7. The quantitative estimate of drug-likeness (QED) is 0.269. The summed E-state index contributed by atoms with van der Waals surface area (Å²) < 4.78 is 41.9. The van der Waals surface area contributed by atoms with E-state index < -0.39 is 31.3 Å². The summed E-state index contributed by atoms with van der Waals surface area (Å²) in [7, 11) is -4.26. The smallest absolute Gasteiger partial charge is 0.270 e. The number of anilines is 2. The van der Waals surface area contributed by atoms with Gasteiger partial charge in [-0.05, 0) is 42.5 Å². The lowest BCUT2D eigenvalue weighted by atomic mass is 10.2. The van der Waals surface area contributed by atoms with Crippen molar-refractivity contribution in [3.8, 4) is 0 Å². The highest BCUT2D eigenvalue weighted by molar-refractivity contribution is 7.92. The van der Waals surface area contributed by atoms with Crippen molar-refractivity contribution in [2.75, 3.05) is 10.1 Å². The highest BCUT2D eigenvalue weighted by Crippen LogP contribution is 2.29. The Kier molecular flexibility index (Phi) is 6.74. The average Bonchev–Trinajstić information content (AvgIpc) is 2.71. The monoisotopic (exact) mass is 482 g/mol. The van der Waals surface area contributed by atoms with Crippen molar-refractivity contribution >= 4 is 56.5 Å². The molecule has 0 aliphatic rings. The molecule has 8 nitrogen and oxygen atoms in total. The maximum atomic E-state index is 13.9. The molecule has 0 saturated carbocycles. The van der Waals surface area contributed by atoms with Crippen LogP contribution in [0.25, 0.3) is 0 Å². The van der Waals surface area contributed by atoms with Crippen LogP contribution in [-0.2, 0) is 10.0 Å². The first-order chi connectivity index (χ1) is 14.7. The van der Waals surface area contributed by atoms with E-state index in [9.17, 15) is 22.9 Å². The second-order valence-electron chi connectivity index (χ2n) is 6.06. The average molecular weight is 483 g/mol. The van der Waals surface area contributed by atoms with Gasteiger partial charge in [-0.3, -0.25) is 20.3 Å². The summed E-state index contributed by atoms with van der Waals surface area (Å²) in [6.07, 6.45) is 1.07. The van der Waals surface area contributed by atoms with Crippen LogP contribution in [0.15, 0.2) is 70.7 Å². The van der Waals surface area contributed by atoms with Gasteiger partial charge in [-0.15, -0.1) is 0 Å². The van der Waals surface area contributed by atoms with Gasteiger partial charge in [-0.2, -0.15) is 5.10 Å². The van der Waals surface area contributed by atoms with Crippen LogP contribution in [0, 0.1) is 15.9 Å². The molecular weight excluding hydrogens is 470 g/mol. The largest absolute Gasteiger partial charge is 0.280 e. The fourth-order valence-electron chi connectivity index (χ4n) is 2.47. The molecule has 0 heterocycles. The number of nitrogens with zero attached hydrogens (tertiary/aromatic N) is 2. The number of sulfonamides is 1. The minimum Gasteiger partial charge on any atom is -0.280 e. The zero-order valence-corrected chi connectivity index (χ0v) is 17.7. The lowest BCUT2D eigenvalue weighted by Crippen LogP contribution is -2.15. The number of nitrogens with one attached hydrogen (secondary N) is 2. The molecule has 0 bridgehead atoms. The van der Waals surface area contributed by atoms with Gasteiger partial charge in [-0.1, -0.05) is 29.3 Å². The van der Waals surface area contributed by atoms with Gasteiger partial charge in [0.1, 0.15) is 10.7 Å². The van der Waals surface area contributed by atoms with Crippen LogP contribution < -0.4 is 10.1 Å². The van der Waals surface area contributed by atoms with Crippen LogP contribution in [0.3, 0.4) is 0 Å². The molecule has 0 saturated heterocycles. The second kappa shape index (κ2) is 9.29. The van der Waals surface area contributed by atoms with E-state index in [0.717, 1.165) is 18.3 Å². The first-order valence-corrected chi connectivity index (χ1v) is 10.7. The summed E-state index contributed by atoms with van der Waals surface area (Å²) in [5.74, 6) is -0.626. The van der Waals surface area contributed by atoms with Gasteiger partial charge >= 0.3 is 0 Å². The van der Waals surface area contributed by atoms with E-state index in [1.54, 1.807) is 0 Å². The van der Waals surface area contributed by atoms with Crippen molar-refractivity contribution in [2.24, 2.45) is 5.10 Å². The first-order valence-electron chi connectivity index (χ1n) is 8.47. The third kappa shape index (κ3) is 5.48. The van der Waals surface area contributed by atoms with E-state index in [2.05, 4.69) is 15.2 Å². The summed E-state index contributed by atoms with van der Waals surface area (Å²) in [4.78, 5) is 9.97. The lowest BCUT2D eigenvalue weighted by Gasteiger charge is -2.12. The molecular formula is C19H13Cl2FN4O4S. The number of hydrazone groups is 1. The fraction of sp³-hybridized carbons (Fsp3) is 0.